The third-order valence-electron chi connectivity index (χ3n) is 3.61. The maximum absolute atomic E-state index is 11.5. The van der Waals surface area contributed by atoms with E-state index < -0.39 is 0 Å². The summed E-state index contributed by atoms with van der Waals surface area (Å²) < 4.78 is 0. The van der Waals surface area contributed by atoms with Crippen molar-refractivity contribution in [1.29, 1.82) is 0 Å². The fourth-order valence-corrected chi connectivity index (χ4v) is 2.06. The van der Waals surface area contributed by atoms with Crippen LogP contribution in [0.3, 0.4) is 0 Å². The molecule has 0 heterocycles. The molecule has 86 valence electrons. The van der Waals surface area contributed by atoms with Gasteiger partial charge in [0.2, 0.25) is 5.91 Å². The van der Waals surface area contributed by atoms with E-state index >= 15 is 0 Å². The lowest BCUT2D eigenvalue weighted by Gasteiger charge is -2.31. The minimum Gasteiger partial charge on any atom is -0.353 e. The molecule has 2 fully saturated rings. The summed E-state index contributed by atoms with van der Waals surface area (Å²) in [7, 11) is 0. The van der Waals surface area contributed by atoms with Crippen molar-refractivity contribution in [3.8, 4) is 0 Å². The van der Waals surface area contributed by atoms with Crippen molar-refractivity contribution in [3.05, 3.63) is 0 Å². The third-order valence-corrected chi connectivity index (χ3v) is 3.61. The van der Waals surface area contributed by atoms with E-state index in [-0.39, 0.29) is 5.91 Å². The van der Waals surface area contributed by atoms with Crippen molar-refractivity contribution in [2.45, 2.75) is 57.5 Å². The molecule has 0 aromatic heterocycles. The molecular weight excluding hydrogens is 188 g/mol. The van der Waals surface area contributed by atoms with Crippen LogP contribution in [0.5, 0.6) is 0 Å². The van der Waals surface area contributed by atoms with Crippen LogP contribution in [0.1, 0.15) is 45.4 Å². The summed E-state index contributed by atoms with van der Waals surface area (Å²) in [6.45, 7) is 2.98. The Labute approximate surface area is 92.0 Å². The highest BCUT2D eigenvalue weighted by Crippen LogP contribution is 2.29. The summed E-state index contributed by atoms with van der Waals surface area (Å²) in [4.78, 5) is 11.5. The van der Waals surface area contributed by atoms with Crippen LogP contribution in [0, 0.1) is 5.92 Å². The third kappa shape index (κ3) is 3.49. The second kappa shape index (κ2) is 4.97. The SMILES string of the molecule is CC(NC(=O)CCNC1CC1)C1CCC1. The van der Waals surface area contributed by atoms with Gasteiger partial charge in [-0.25, -0.2) is 0 Å². The van der Waals surface area contributed by atoms with Crippen LogP contribution in [0.15, 0.2) is 0 Å². The first-order valence-electron chi connectivity index (χ1n) is 6.28. The van der Waals surface area contributed by atoms with Crippen LogP contribution in [-0.2, 0) is 4.79 Å². The van der Waals surface area contributed by atoms with Gasteiger partial charge in [-0.15, -0.1) is 0 Å². The molecule has 2 rings (SSSR count). The zero-order valence-corrected chi connectivity index (χ0v) is 9.59. The van der Waals surface area contributed by atoms with Crippen LogP contribution >= 0.6 is 0 Å². The maximum atomic E-state index is 11.5. The average molecular weight is 210 g/mol. The van der Waals surface area contributed by atoms with Crippen molar-refractivity contribution in [1.82, 2.24) is 10.6 Å². The van der Waals surface area contributed by atoms with Crippen molar-refractivity contribution >= 4 is 5.91 Å². The van der Waals surface area contributed by atoms with Crippen LogP contribution in [0.4, 0.5) is 0 Å². The molecule has 3 nitrogen and oxygen atoms in total. The molecule has 0 aromatic carbocycles. The monoisotopic (exact) mass is 210 g/mol. The summed E-state index contributed by atoms with van der Waals surface area (Å²) in [5.74, 6) is 0.952. The molecule has 2 aliphatic rings. The summed E-state index contributed by atoms with van der Waals surface area (Å²) in [6.07, 6.45) is 7.14. The Balaban J connectivity index is 1.54. The quantitative estimate of drug-likeness (QED) is 0.696. The normalized spacial score (nSPS) is 23.3. The van der Waals surface area contributed by atoms with Crippen LogP contribution < -0.4 is 10.6 Å². The molecule has 2 aliphatic carbocycles. The predicted molar refractivity (Wildman–Crippen MR) is 60.6 cm³/mol. The lowest BCUT2D eigenvalue weighted by molar-refractivity contribution is -0.122. The summed E-state index contributed by atoms with van der Waals surface area (Å²) in [6, 6.07) is 1.09. The Morgan fingerprint density at radius 2 is 2.07 bits per heavy atom. The molecule has 1 amide bonds. The molecule has 3 heteroatoms. The molecule has 0 aliphatic heterocycles. The Bertz CT molecular complexity index is 222. The summed E-state index contributed by atoms with van der Waals surface area (Å²) in [5, 5.41) is 6.45. The number of hydrogen-bond donors (Lipinski definition) is 2. The fourth-order valence-electron chi connectivity index (χ4n) is 2.06. The highest BCUT2D eigenvalue weighted by Gasteiger charge is 2.25. The number of carbonyl (C=O) groups excluding carboxylic acids is 1. The number of nitrogens with one attached hydrogen (secondary N) is 2. The van der Waals surface area contributed by atoms with Crippen LogP contribution in [-0.4, -0.2) is 24.5 Å². The van der Waals surface area contributed by atoms with E-state index in [2.05, 4.69) is 17.6 Å². The Morgan fingerprint density at radius 1 is 1.33 bits per heavy atom. The topological polar surface area (TPSA) is 41.1 Å². The van der Waals surface area contributed by atoms with Gasteiger partial charge in [0.15, 0.2) is 0 Å². The van der Waals surface area contributed by atoms with Crippen molar-refractivity contribution in [3.63, 3.8) is 0 Å². The second-order valence-corrected chi connectivity index (χ2v) is 5.03. The largest absolute Gasteiger partial charge is 0.353 e. The average Bonchev–Trinajstić information content (AvgIpc) is 2.83. The van der Waals surface area contributed by atoms with Gasteiger partial charge in [-0.1, -0.05) is 6.42 Å². The van der Waals surface area contributed by atoms with Gasteiger partial charge in [-0.2, -0.15) is 0 Å². The van der Waals surface area contributed by atoms with Gasteiger partial charge in [0.05, 0.1) is 0 Å². The van der Waals surface area contributed by atoms with Crippen molar-refractivity contribution in [2.75, 3.05) is 6.54 Å². The zero-order chi connectivity index (χ0) is 10.7. The van der Waals surface area contributed by atoms with Gasteiger partial charge in [-0.05, 0) is 38.5 Å². The molecule has 0 radical (unpaired) electrons. The minimum absolute atomic E-state index is 0.211. The minimum atomic E-state index is 0.211. The van der Waals surface area contributed by atoms with Crippen molar-refractivity contribution in [2.24, 2.45) is 5.92 Å². The first-order chi connectivity index (χ1) is 7.25. The first-order valence-corrected chi connectivity index (χ1v) is 6.28. The zero-order valence-electron chi connectivity index (χ0n) is 9.59. The van der Waals surface area contributed by atoms with Gasteiger partial charge in [0.25, 0.3) is 0 Å². The predicted octanol–water partition coefficient (Wildman–Crippen LogP) is 1.43. The van der Waals surface area contributed by atoms with Crippen LogP contribution in [0.2, 0.25) is 0 Å². The van der Waals surface area contributed by atoms with Crippen molar-refractivity contribution < 1.29 is 4.79 Å². The van der Waals surface area contributed by atoms with Crippen LogP contribution in [0.25, 0.3) is 0 Å². The van der Waals surface area contributed by atoms with Gasteiger partial charge < -0.3 is 10.6 Å². The number of hydrogen-bond acceptors (Lipinski definition) is 2. The maximum Gasteiger partial charge on any atom is 0.221 e. The molecule has 0 saturated heterocycles. The number of carbonyl (C=O) groups is 1. The van der Waals surface area contributed by atoms with E-state index in [1.807, 2.05) is 0 Å². The second-order valence-electron chi connectivity index (χ2n) is 5.03. The Morgan fingerprint density at radius 3 is 2.60 bits per heavy atom. The molecule has 2 saturated carbocycles. The Hall–Kier alpha value is -0.570. The van der Waals surface area contributed by atoms with Gasteiger partial charge in [0.1, 0.15) is 0 Å². The smallest absolute Gasteiger partial charge is 0.221 e. The highest BCUT2D eigenvalue weighted by molar-refractivity contribution is 5.76. The van der Waals surface area contributed by atoms with E-state index in [1.165, 1.54) is 32.1 Å². The van der Waals surface area contributed by atoms with Gasteiger partial charge in [-0.3, -0.25) is 4.79 Å². The van der Waals surface area contributed by atoms with E-state index in [0.29, 0.717) is 18.5 Å². The van der Waals surface area contributed by atoms with E-state index in [9.17, 15) is 4.79 Å². The molecule has 1 unspecified atom stereocenters. The van der Waals surface area contributed by atoms with E-state index in [0.717, 1.165) is 12.5 Å². The summed E-state index contributed by atoms with van der Waals surface area (Å²) >= 11 is 0. The lowest BCUT2D eigenvalue weighted by atomic mass is 9.80. The molecule has 0 spiro atoms. The standard InChI is InChI=1S/C12H22N2O/c1-9(10-3-2-4-10)14-12(15)7-8-13-11-5-6-11/h9-11,13H,2-8H2,1H3,(H,14,15). The summed E-state index contributed by atoms with van der Waals surface area (Å²) in [5.41, 5.74) is 0. The number of amides is 1. The first kappa shape index (κ1) is 10.9. The highest BCUT2D eigenvalue weighted by atomic mass is 16.1. The van der Waals surface area contributed by atoms with E-state index in [4.69, 9.17) is 0 Å². The Kier molecular flexibility index (Phi) is 3.62. The molecular formula is C12H22N2O. The molecule has 1 atom stereocenters. The van der Waals surface area contributed by atoms with Gasteiger partial charge >= 0.3 is 0 Å². The molecule has 0 bridgehead atoms. The van der Waals surface area contributed by atoms with Gasteiger partial charge in [0, 0.05) is 25.0 Å². The lowest BCUT2D eigenvalue weighted by Crippen LogP contribution is -2.41. The molecule has 15 heavy (non-hydrogen) atoms. The molecule has 0 aromatic rings. The fraction of sp³-hybridized carbons (Fsp3) is 0.917. The molecule has 2 N–H and O–H groups in total. The van der Waals surface area contributed by atoms with E-state index in [1.54, 1.807) is 0 Å². The number of rotatable bonds is 6.